The minimum Gasteiger partial charge on any atom is -0.383 e. The molecule has 0 aliphatic heterocycles. The van der Waals surface area contributed by atoms with Gasteiger partial charge in [-0.3, -0.25) is 0 Å². The van der Waals surface area contributed by atoms with Crippen LogP contribution < -0.4 is 16.8 Å². The Morgan fingerprint density at radius 2 is 2.12 bits per heavy atom. The predicted octanol–water partition coefficient (Wildman–Crippen LogP) is 0.0431. The molecule has 0 saturated carbocycles. The van der Waals surface area contributed by atoms with Gasteiger partial charge in [0.25, 0.3) is 0 Å². The molecular weight excluding hydrogens is 206 g/mol. The molecule has 7 heteroatoms. The van der Waals surface area contributed by atoms with Crippen LogP contribution in [0, 0.1) is 0 Å². The molecule has 2 heterocycles. The Labute approximate surface area is 92.0 Å². The zero-order valence-corrected chi connectivity index (χ0v) is 8.46. The Kier molecular flexibility index (Phi) is 2.77. The smallest absolute Gasteiger partial charge is 0.223 e. The van der Waals surface area contributed by atoms with Crippen LogP contribution in [-0.4, -0.2) is 19.9 Å². The third-order valence-corrected chi connectivity index (χ3v) is 1.86. The van der Waals surface area contributed by atoms with E-state index in [1.165, 1.54) is 6.33 Å². The lowest BCUT2D eigenvalue weighted by atomic mass is 10.4. The highest BCUT2D eigenvalue weighted by atomic mass is 15.1. The summed E-state index contributed by atoms with van der Waals surface area (Å²) in [7, 11) is 0. The molecule has 0 fully saturated rings. The van der Waals surface area contributed by atoms with Crippen molar-refractivity contribution in [2.24, 2.45) is 0 Å². The molecule has 82 valence electrons. The molecule has 0 atom stereocenters. The van der Waals surface area contributed by atoms with Gasteiger partial charge in [-0.25, -0.2) is 9.97 Å². The van der Waals surface area contributed by atoms with Gasteiger partial charge in [0, 0.05) is 12.3 Å². The molecule has 2 rings (SSSR count). The second-order valence-electron chi connectivity index (χ2n) is 3.09. The summed E-state index contributed by atoms with van der Waals surface area (Å²) in [5.74, 6) is 1.05. The third kappa shape index (κ3) is 2.53. The molecule has 0 aliphatic carbocycles. The average Bonchev–Trinajstić information content (AvgIpc) is 2.27. The zero-order valence-electron chi connectivity index (χ0n) is 8.46. The van der Waals surface area contributed by atoms with Crippen LogP contribution in [0.15, 0.2) is 24.7 Å². The lowest BCUT2D eigenvalue weighted by Gasteiger charge is -2.05. The molecule has 16 heavy (non-hydrogen) atoms. The van der Waals surface area contributed by atoms with Crippen molar-refractivity contribution in [2.45, 2.75) is 6.54 Å². The van der Waals surface area contributed by atoms with Crippen LogP contribution in [0.5, 0.6) is 0 Å². The molecule has 0 unspecified atom stereocenters. The van der Waals surface area contributed by atoms with Crippen LogP contribution in [0.3, 0.4) is 0 Å². The molecule has 0 saturated heterocycles. The SMILES string of the molecule is Nc1cc(NCc2ccncn2)nc(N)n1. The lowest BCUT2D eigenvalue weighted by Crippen LogP contribution is -2.07. The minimum absolute atomic E-state index is 0.144. The fraction of sp³-hybridized carbons (Fsp3) is 0.111. The van der Waals surface area contributed by atoms with Gasteiger partial charge in [0.05, 0.1) is 12.2 Å². The monoisotopic (exact) mass is 217 g/mol. The highest BCUT2D eigenvalue weighted by molar-refractivity contribution is 5.48. The molecule has 0 amide bonds. The molecule has 7 nitrogen and oxygen atoms in total. The molecule has 0 aliphatic rings. The Morgan fingerprint density at radius 3 is 2.81 bits per heavy atom. The normalized spacial score (nSPS) is 10.0. The predicted molar refractivity (Wildman–Crippen MR) is 60.2 cm³/mol. The van der Waals surface area contributed by atoms with Crippen LogP contribution >= 0.6 is 0 Å². The fourth-order valence-corrected chi connectivity index (χ4v) is 1.18. The second-order valence-corrected chi connectivity index (χ2v) is 3.09. The van der Waals surface area contributed by atoms with Crippen LogP contribution in [0.4, 0.5) is 17.6 Å². The molecule has 0 spiro atoms. The van der Waals surface area contributed by atoms with Crippen molar-refractivity contribution >= 4 is 17.6 Å². The molecule has 5 N–H and O–H groups in total. The minimum atomic E-state index is 0.144. The van der Waals surface area contributed by atoms with Crippen molar-refractivity contribution in [2.75, 3.05) is 16.8 Å². The van der Waals surface area contributed by atoms with Crippen molar-refractivity contribution in [3.05, 3.63) is 30.4 Å². The van der Waals surface area contributed by atoms with E-state index in [-0.39, 0.29) is 5.95 Å². The molecule has 2 aromatic rings. The highest BCUT2D eigenvalue weighted by Gasteiger charge is 1.99. The first kappa shape index (κ1) is 10.1. The molecule has 0 radical (unpaired) electrons. The van der Waals surface area contributed by atoms with Gasteiger partial charge >= 0.3 is 0 Å². The van der Waals surface area contributed by atoms with Crippen molar-refractivity contribution in [3.63, 3.8) is 0 Å². The number of hydrogen-bond donors (Lipinski definition) is 3. The summed E-state index contributed by atoms with van der Waals surface area (Å²) in [6.45, 7) is 0.526. The molecule has 0 aromatic carbocycles. The molecular formula is C9H11N7. The van der Waals surface area contributed by atoms with E-state index in [9.17, 15) is 0 Å². The summed E-state index contributed by atoms with van der Waals surface area (Å²) in [5.41, 5.74) is 11.8. The number of nitrogens with one attached hydrogen (secondary N) is 1. The number of nitrogens with zero attached hydrogens (tertiary/aromatic N) is 4. The molecule has 0 bridgehead atoms. The topological polar surface area (TPSA) is 116 Å². The average molecular weight is 217 g/mol. The quantitative estimate of drug-likeness (QED) is 0.664. The van der Waals surface area contributed by atoms with Crippen molar-refractivity contribution in [1.29, 1.82) is 0 Å². The maximum atomic E-state index is 5.53. The lowest BCUT2D eigenvalue weighted by molar-refractivity contribution is 0.993. The van der Waals surface area contributed by atoms with E-state index in [4.69, 9.17) is 11.5 Å². The van der Waals surface area contributed by atoms with Gasteiger partial charge in [-0.1, -0.05) is 0 Å². The number of nitrogen functional groups attached to an aromatic ring is 2. The summed E-state index contributed by atoms with van der Waals surface area (Å²) in [4.78, 5) is 15.6. The summed E-state index contributed by atoms with van der Waals surface area (Å²) >= 11 is 0. The van der Waals surface area contributed by atoms with Crippen LogP contribution in [0.25, 0.3) is 0 Å². The van der Waals surface area contributed by atoms with Crippen molar-refractivity contribution in [1.82, 2.24) is 19.9 Å². The fourth-order valence-electron chi connectivity index (χ4n) is 1.18. The number of aromatic nitrogens is 4. The third-order valence-electron chi connectivity index (χ3n) is 1.86. The Bertz CT molecular complexity index is 450. The van der Waals surface area contributed by atoms with Crippen molar-refractivity contribution in [3.8, 4) is 0 Å². The maximum absolute atomic E-state index is 5.53. The van der Waals surface area contributed by atoms with Gasteiger partial charge < -0.3 is 16.8 Å². The first-order valence-corrected chi connectivity index (χ1v) is 4.63. The summed E-state index contributed by atoms with van der Waals surface area (Å²) < 4.78 is 0. The van der Waals surface area contributed by atoms with Crippen molar-refractivity contribution < 1.29 is 0 Å². The van der Waals surface area contributed by atoms with Crippen LogP contribution in [0.1, 0.15) is 5.69 Å². The first-order chi connectivity index (χ1) is 7.74. The van der Waals surface area contributed by atoms with E-state index < -0.39 is 0 Å². The number of rotatable bonds is 3. The van der Waals surface area contributed by atoms with Gasteiger partial charge in [0.2, 0.25) is 5.95 Å². The first-order valence-electron chi connectivity index (χ1n) is 4.63. The van der Waals surface area contributed by atoms with E-state index in [1.54, 1.807) is 18.3 Å². The van der Waals surface area contributed by atoms with Gasteiger partial charge in [-0.2, -0.15) is 9.97 Å². The van der Waals surface area contributed by atoms with Gasteiger partial charge in [-0.15, -0.1) is 0 Å². The van der Waals surface area contributed by atoms with E-state index in [2.05, 4.69) is 25.3 Å². The number of hydrogen-bond acceptors (Lipinski definition) is 7. The summed E-state index contributed by atoms with van der Waals surface area (Å²) in [6.07, 6.45) is 3.16. The van der Waals surface area contributed by atoms with E-state index >= 15 is 0 Å². The number of anilines is 3. The van der Waals surface area contributed by atoms with E-state index in [0.717, 1.165) is 5.69 Å². The number of nitrogens with two attached hydrogens (primary N) is 2. The van der Waals surface area contributed by atoms with Gasteiger partial charge in [0.1, 0.15) is 18.0 Å². The Balaban J connectivity index is 2.05. The van der Waals surface area contributed by atoms with Crippen LogP contribution in [-0.2, 0) is 6.54 Å². The van der Waals surface area contributed by atoms with Gasteiger partial charge in [-0.05, 0) is 6.07 Å². The standard InChI is InChI=1S/C9H11N7/c10-7-3-8(16-9(11)15-7)13-4-6-1-2-12-5-14-6/h1-3,5H,4H2,(H5,10,11,13,15,16). The Morgan fingerprint density at radius 1 is 1.25 bits per heavy atom. The molecule has 2 aromatic heterocycles. The summed E-state index contributed by atoms with van der Waals surface area (Å²) in [6, 6.07) is 3.42. The van der Waals surface area contributed by atoms with E-state index in [0.29, 0.717) is 18.2 Å². The van der Waals surface area contributed by atoms with E-state index in [1.807, 2.05) is 0 Å². The zero-order chi connectivity index (χ0) is 11.4. The largest absolute Gasteiger partial charge is 0.383 e. The Hall–Kier alpha value is -2.44. The maximum Gasteiger partial charge on any atom is 0.223 e. The highest BCUT2D eigenvalue weighted by Crippen LogP contribution is 2.09. The van der Waals surface area contributed by atoms with Crippen LogP contribution in [0.2, 0.25) is 0 Å². The second kappa shape index (κ2) is 4.39. The van der Waals surface area contributed by atoms with Gasteiger partial charge in [0.15, 0.2) is 0 Å². The summed E-state index contributed by atoms with van der Waals surface area (Å²) in [5, 5.41) is 3.04.